The van der Waals surface area contributed by atoms with E-state index < -0.39 is 23.1 Å². The zero-order valence-corrected chi connectivity index (χ0v) is 18.1. The molecule has 2 aromatic carbocycles. The predicted molar refractivity (Wildman–Crippen MR) is 108 cm³/mol. The van der Waals surface area contributed by atoms with Gasteiger partial charge < -0.3 is 9.47 Å². The molecule has 0 radical (unpaired) electrons. The van der Waals surface area contributed by atoms with Gasteiger partial charge in [-0.2, -0.15) is 19.6 Å². The second-order valence-corrected chi connectivity index (χ2v) is 8.62. The van der Waals surface area contributed by atoms with Crippen molar-refractivity contribution in [3.8, 4) is 0 Å². The van der Waals surface area contributed by atoms with Gasteiger partial charge in [0.1, 0.15) is 0 Å². The number of rotatable bonds is 9. The van der Waals surface area contributed by atoms with Crippen molar-refractivity contribution >= 4 is 0 Å². The average molecular weight is 422 g/mol. The highest BCUT2D eigenvalue weighted by Gasteiger charge is 2.49. The molecule has 8 heteroatoms. The van der Waals surface area contributed by atoms with Gasteiger partial charge in [-0.05, 0) is 41.5 Å². The van der Waals surface area contributed by atoms with Gasteiger partial charge in [0, 0.05) is 11.1 Å². The molecule has 0 aliphatic rings. The van der Waals surface area contributed by atoms with Crippen LogP contribution in [0.5, 0.6) is 0 Å². The van der Waals surface area contributed by atoms with Gasteiger partial charge in [-0.1, -0.05) is 60.7 Å². The van der Waals surface area contributed by atoms with E-state index in [2.05, 4.69) is 9.78 Å². The van der Waals surface area contributed by atoms with Crippen molar-refractivity contribution in [3.05, 3.63) is 71.8 Å². The Labute approximate surface area is 176 Å². The molecule has 0 saturated heterocycles. The molecule has 30 heavy (non-hydrogen) atoms. The monoisotopic (exact) mass is 422 g/mol. The molecule has 2 N–H and O–H groups in total. The summed E-state index contributed by atoms with van der Waals surface area (Å²) in [4.78, 5) is 20.3. The van der Waals surface area contributed by atoms with Gasteiger partial charge in [-0.25, -0.2) is 10.5 Å². The van der Waals surface area contributed by atoms with E-state index in [1.807, 2.05) is 0 Å². The molecule has 0 fully saturated rings. The Balaban J connectivity index is 2.48. The van der Waals surface area contributed by atoms with Crippen LogP contribution in [0.25, 0.3) is 0 Å². The fourth-order valence-electron chi connectivity index (χ4n) is 2.62. The third-order valence-corrected chi connectivity index (χ3v) is 3.64. The van der Waals surface area contributed by atoms with E-state index in [-0.39, 0.29) is 11.1 Å². The molecular weight excluding hydrogens is 392 g/mol. The van der Waals surface area contributed by atoms with Crippen LogP contribution in [0.4, 0.5) is 0 Å². The SMILES string of the molecule is CC(C)(C)OC(OO)(OOC(OO)(OC(C)(C)C)c1ccccc1)c1ccccc1. The van der Waals surface area contributed by atoms with Crippen molar-refractivity contribution in [2.75, 3.05) is 0 Å². The minimum atomic E-state index is -2.21. The summed E-state index contributed by atoms with van der Waals surface area (Å²) < 4.78 is 11.7. The molecule has 2 rings (SSSR count). The van der Waals surface area contributed by atoms with Gasteiger partial charge in [-0.3, -0.25) is 0 Å². The lowest BCUT2D eigenvalue weighted by Crippen LogP contribution is -2.47. The van der Waals surface area contributed by atoms with Crippen LogP contribution in [0.3, 0.4) is 0 Å². The molecule has 0 aromatic heterocycles. The second-order valence-electron chi connectivity index (χ2n) is 8.62. The summed E-state index contributed by atoms with van der Waals surface area (Å²) in [6.45, 7) is 10.5. The first kappa shape index (κ1) is 24.4. The maximum absolute atomic E-state index is 9.79. The average Bonchev–Trinajstić information content (AvgIpc) is 2.69. The van der Waals surface area contributed by atoms with Gasteiger partial charge in [-0.15, -0.1) is 0 Å². The second kappa shape index (κ2) is 9.51. The molecule has 2 atom stereocenters. The van der Waals surface area contributed by atoms with Gasteiger partial charge in [0.15, 0.2) is 0 Å². The first-order valence-corrected chi connectivity index (χ1v) is 9.49. The Morgan fingerprint density at radius 3 is 1.07 bits per heavy atom. The lowest BCUT2D eigenvalue weighted by Gasteiger charge is -2.39. The Morgan fingerprint density at radius 1 is 0.533 bits per heavy atom. The van der Waals surface area contributed by atoms with Crippen LogP contribution in [0.2, 0.25) is 0 Å². The Bertz CT molecular complexity index is 702. The highest BCUT2D eigenvalue weighted by Crippen LogP contribution is 2.39. The third kappa shape index (κ3) is 6.31. The van der Waals surface area contributed by atoms with E-state index in [0.29, 0.717) is 0 Å². The van der Waals surface area contributed by atoms with Crippen LogP contribution < -0.4 is 0 Å². The normalized spacial score (nSPS) is 16.7. The summed E-state index contributed by atoms with van der Waals surface area (Å²) in [6.07, 6.45) is 0. The molecule has 0 amide bonds. The Kier molecular flexibility index (Phi) is 7.73. The third-order valence-electron chi connectivity index (χ3n) is 3.64. The molecule has 2 aromatic rings. The number of ether oxygens (including phenoxy) is 2. The molecule has 0 saturated carbocycles. The fraction of sp³-hybridized carbons (Fsp3) is 0.455. The highest BCUT2D eigenvalue weighted by atomic mass is 17.4. The first-order valence-electron chi connectivity index (χ1n) is 9.49. The van der Waals surface area contributed by atoms with Crippen molar-refractivity contribution in [3.63, 3.8) is 0 Å². The molecule has 0 spiro atoms. The number of hydrogen-bond acceptors (Lipinski definition) is 8. The van der Waals surface area contributed by atoms with Gasteiger partial charge in [0.05, 0.1) is 11.2 Å². The van der Waals surface area contributed by atoms with Gasteiger partial charge >= 0.3 is 11.9 Å². The van der Waals surface area contributed by atoms with E-state index in [1.54, 1.807) is 102 Å². The van der Waals surface area contributed by atoms with E-state index in [9.17, 15) is 10.5 Å². The largest absolute Gasteiger partial charge is 0.367 e. The van der Waals surface area contributed by atoms with Crippen LogP contribution in [-0.4, -0.2) is 21.7 Å². The lowest BCUT2D eigenvalue weighted by atomic mass is 10.1. The Hall–Kier alpha value is -1.88. The lowest BCUT2D eigenvalue weighted by molar-refractivity contribution is -0.669. The minimum Gasteiger partial charge on any atom is -0.314 e. The van der Waals surface area contributed by atoms with Gasteiger partial charge in [0.25, 0.3) is 0 Å². The number of benzene rings is 2. The van der Waals surface area contributed by atoms with Crippen LogP contribution >= 0.6 is 0 Å². The van der Waals surface area contributed by atoms with Crippen molar-refractivity contribution in [1.82, 2.24) is 0 Å². The minimum absolute atomic E-state index is 0.290. The zero-order chi connectivity index (χ0) is 22.5. The molecule has 0 aliphatic carbocycles. The van der Waals surface area contributed by atoms with E-state index in [4.69, 9.17) is 19.2 Å². The van der Waals surface area contributed by atoms with E-state index in [0.717, 1.165) is 0 Å². The van der Waals surface area contributed by atoms with Crippen molar-refractivity contribution < 1.29 is 39.5 Å². The van der Waals surface area contributed by atoms with Crippen molar-refractivity contribution in [1.29, 1.82) is 0 Å². The summed E-state index contributed by atoms with van der Waals surface area (Å²) >= 11 is 0. The van der Waals surface area contributed by atoms with Gasteiger partial charge in [0.2, 0.25) is 0 Å². The highest BCUT2D eigenvalue weighted by molar-refractivity contribution is 5.19. The molecular formula is C22H30O8. The van der Waals surface area contributed by atoms with Crippen LogP contribution in [0.15, 0.2) is 60.7 Å². The summed E-state index contributed by atoms with van der Waals surface area (Å²) in [5.74, 6) is -4.42. The maximum atomic E-state index is 9.79. The maximum Gasteiger partial charge on any atom is 0.367 e. The van der Waals surface area contributed by atoms with Crippen molar-refractivity contribution in [2.45, 2.75) is 64.7 Å². The molecule has 0 heterocycles. The predicted octanol–water partition coefficient (Wildman–Crippen LogP) is 5.17. The van der Waals surface area contributed by atoms with E-state index >= 15 is 0 Å². The number of hydrogen-bond donors (Lipinski definition) is 2. The standard InChI is InChI=1S/C22H30O8/c1-19(2,3)25-21(27-23,17-13-9-7-10-14-17)29-30-22(28-24,26-20(4,5)6)18-15-11-8-12-16-18/h7-16,23-24H,1-6H3. The molecule has 166 valence electrons. The molecule has 2 unspecified atom stereocenters. The van der Waals surface area contributed by atoms with Crippen LogP contribution in [-0.2, 0) is 41.0 Å². The quantitative estimate of drug-likeness (QED) is 0.325. The van der Waals surface area contributed by atoms with Crippen LogP contribution in [0.1, 0.15) is 52.7 Å². The molecule has 8 nitrogen and oxygen atoms in total. The zero-order valence-electron chi connectivity index (χ0n) is 18.1. The Morgan fingerprint density at radius 2 is 0.833 bits per heavy atom. The molecule has 0 aliphatic heterocycles. The fourth-order valence-corrected chi connectivity index (χ4v) is 2.62. The van der Waals surface area contributed by atoms with Crippen molar-refractivity contribution in [2.24, 2.45) is 0 Å². The summed E-state index contributed by atoms with van der Waals surface area (Å²) in [7, 11) is 0. The van der Waals surface area contributed by atoms with Crippen LogP contribution in [0, 0.1) is 0 Å². The summed E-state index contributed by atoms with van der Waals surface area (Å²) in [6, 6.07) is 16.8. The molecule has 0 bridgehead atoms. The van der Waals surface area contributed by atoms with E-state index in [1.165, 1.54) is 0 Å². The smallest absolute Gasteiger partial charge is 0.314 e. The summed E-state index contributed by atoms with van der Waals surface area (Å²) in [5.41, 5.74) is -1.08. The first-order chi connectivity index (χ1) is 14.0. The topological polar surface area (TPSA) is 95.8 Å². The summed E-state index contributed by atoms with van der Waals surface area (Å²) in [5, 5.41) is 19.6.